The van der Waals surface area contributed by atoms with Gasteiger partial charge in [0.25, 0.3) is 0 Å². The van der Waals surface area contributed by atoms with Crippen LogP contribution in [0.3, 0.4) is 0 Å². The second-order valence-electron chi connectivity index (χ2n) is 6.89. The topological polar surface area (TPSA) is 94.1 Å². The first-order valence-corrected chi connectivity index (χ1v) is 9.50. The summed E-state index contributed by atoms with van der Waals surface area (Å²) in [6.45, 7) is 0. The van der Waals surface area contributed by atoms with E-state index in [0.29, 0.717) is 0 Å². The van der Waals surface area contributed by atoms with E-state index in [1.807, 2.05) is 0 Å². The Morgan fingerprint density at radius 2 is 1.14 bits per heavy atom. The molecule has 0 spiro atoms. The average molecular weight is 434 g/mol. The van der Waals surface area contributed by atoms with E-state index in [0.717, 1.165) is 0 Å². The van der Waals surface area contributed by atoms with Crippen molar-refractivity contribution in [3.05, 3.63) is 30.1 Å². The quantitative estimate of drug-likeness (QED) is 0.483. The van der Waals surface area contributed by atoms with Gasteiger partial charge in [-0.05, 0) is 36.6 Å². The van der Waals surface area contributed by atoms with Crippen LogP contribution in [0.5, 0.6) is 0 Å². The minimum Gasteiger partial charge on any atom is -0.291 e. The Labute approximate surface area is 178 Å². The van der Waals surface area contributed by atoms with Crippen molar-refractivity contribution in [2.24, 2.45) is 11.8 Å². The molecule has 0 saturated carbocycles. The molecule has 1 aromatic rings. The summed E-state index contributed by atoms with van der Waals surface area (Å²) in [4.78, 5) is 61.3. The number of rotatable bonds is 3. The predicted molar refractivity (Wildman–Crippen MR) is 110 cm³/mol. The first-order chi connectivity index (χ1) is 13.6. The fourth-order valence-corrected chi connectivity index (χ4v) is 3.95. The van der Waals surface area contributed by atoms with E-state index in [1.54, 1.807) is 18.2 Å². The van der Waals surface area contributed by atoms with Crippen molar-refractivity contribution in [1.29, 1.82) is 0 Å². The van der Waals surface area contributed by atoms with Crippen LogP contribution in [-0.2, 0) is 19.2 Å². The fourth-order valence-electron chi connectivity index (χ4n) is 3.59. The van der Waals surface area contributed by atoms with Crippen LogP contribution < -0.4 is 0 Å². The number of aromatic nitrogens is 1. The first kappa shape index (κ1) is 20.9. The van der Waals surface area contributed by atoms with Crippen LogP contribution in [0.1, 0.15) is 11.6 Å². The summed E-state index contributed by atoms with van der Waals surface area (Å²) in [6.07, 6.45) is 1.48. The zero-order chi connectivity index (χ0) is 21.6. The summed E-state index contributed by atoms with van der Waals surface area (Å²) in [5.74, 6) is -6.14. The van der Waals surface area contributed by atoms with Crippen molar-refractivity contribution in [2.75, 3.05) is 28.2 Å². The Hall–Kier alpha value is -2.79. The number of thiocarbonyl (C=S) groups is 2. The maximum atomic E-state index is 13.1. The molecule has 2 aliphatic heterocycles. The standard InChI is InChI=1S/C18H19N5O4S2/c1-20-13(24)11(14(25)21(2)17(20)28)10(9-7-5-6-8-19-9)12-15(26)22(3)18(29)23(4)16(12)27/h5-8,10-12H,1-4H3. The summed E-state index contributed by atoms with van der Waals surface area (Å²) in [5.41, 5.74) is 0.287. The van der Waals surface area contributed by atoms with Gasteiger partial charge in [0, 0.05) is 46.0 Å². The number of hydrogen-bond donors (Lipinski definition) is 0. The molecule has 0 N–H and O–H groups in total. The van der Waals surface area contributed by atoms with Gasteiger partial charge >= 0.3 is 0 Å². The molecule has 1 aromatic heterocycles. The number of amides is 4. The second kappa shape index (κ2) is 7.56. The smallest absolute Gasteiger partial charge is 0.241 e. The van der Waals surface area contributed by atoms with Crippen molar-refractivity contribution in [2.45, 2.75) is 5.92 Å². The largest absolute Gasteiger partial charge is 0.291 e. The molecule has 0 unspecified atom stereocenters. The molecule has 152 valence electrons. The molecule has 3 heterocycles. The lowest BCUT2D eigenvalue weighted by atomic mass is 9.75. The summed E-state index contributed by atoms with van der Waals surface area (Å²) >= 11 is 10.3. The highest BCUT2D eigenvalue weighted by atomic mass is 32.1. The molecule has 9 nitrogen and oxygen atoms in total. The van der Waals surface area contributed by atoms with Crippen molar-refractivity contribution < 1.29 is 19.2 Å². The molecule has 0 aliphatic carbocycles. The minimum atomic E-state index is -1.34. The van der Waals surface area contributed by atoms with E-state index in [-0.39, 0.29) is 15.9 Å². The van der Waals surface area contributed by atoms with Gasteiger partial charge in [0.2, 0.25) is 23.6 Å². The number of nitrogens with zero attached hydrogens (tertiary/aromatic N) is 5. The van der Waals surface area contributed by atoms with Crippen LogP contribution >= 0.6 is 24.4 Å². The van der Waals surface area contributed by atoms with Crippen molar-refractivity contribution >= 4 is 58.3 Å². The molecular weight excluding hydrogens is 414 g/mol. The Balaban J connectivity index is 2.19. The molecule has 3 rings (SSSR count). The zero-order valence-corrected chi connectivity index (χ0v) is 17.9. The third kappa shape index (κ3) is 3.19. The molecule has 11 heteroatoms. The van der Waals surface area contributed by atoms with Crippen LogP contribution in [0.25, 0.3) is 0 Å². The molecule has 2 aliphatic rings. The maximum Gasteiger partial charge on any atom is 0.241 e. The van der Waals surface area contributed by atoms with Gasteiger partial charge in [-0.1, -0.05) is 6.07 Å². The minimum absolute atomic E-state index is 0.0488. The van der Waals surface area contributed by atoms with Gasteiger partial charge in [-0.3, -0.25) is 43.8 Å². The van der Waals surface area contributed by atoms with Gasteiger partial charge in [0.05, 0.1) is 0 Å². The van der Waals surface area contributed by atoms with E-state index < -0.39 is 41.4 Å². The molecule has 0 bridgehead atoms. The Morgan fingerprint density at radius 1 is 0.759 bits per heavy atom. The molecular formula is C18H19N5O4S2. The van der Waals surface area contributed by atoms with Gasteiger partial charge in [0.1, 0.15) is 11.8 Å². The number of carbonyl (C=O) groups excluding carboxylic acids is 4. The highest BCUT2D eigenvalue weighted by Gasteiger charge is 2.55. The van der Waals surface area contributed by atoms with Crippen LogP contribution in [-0.4, -0.2) is 86.6 Å². The van der Waals surface area contributed by atoms with Gasteiger partial charge in [-0.2, -0.15) is 0 Å². The van der Waals surface area contributed by atoms with E-state index >= 15 is 0 Å². The van der Waals surface area contributed by atoms with E-state index in [1.165, 1.54) is 54.0 Å². The number of carbonyl (C=O) groups is 4. The fraction of sp³-hybridized carbons (Fsp3) is 0.389. The maximum absolute atomic E-state index is 13.1. The average Bonchev–Trinajstić information content (AvgIpc) is 2.73. The lowest BCUT2D eigenvalue weighted by Crippen LogP contribution is -2.63. The normalized spacial score (nSPS) is 19.9. The van der Waals surface area contributed by atoms with Crippen molar-refractivity contribution in [1.82, 2.24) is 24.6 Å². The van der Waals surface area contributed by atoms with Gasteiger partial charge < -0.3 is 0 Å². The Bertz CT molecular complexity index is 833. The first-order valence-electron chi connectivity index (χ1n) is 8.68. The Kier molecular flexibility index (Phi) is 5.46. The zero-order valence-electron chi connectivity index (χ0n) is 16.2. The van der Waals surface area contributed by atoms with E-state index in [2.05, 4.69) is 4.98 Å². The number of hydrogen-bond acceptors (Lipinski definition) is 7. The Morgan fingerprint density at radius 3 is 1.45 bits per heavy atom. The summed E-state index contributed by atoms with van der Waals surface area (Å²) in [7, 11) is 5.81. The van der Waals surface area contributed by atoms with Gasteiger partial charge in [-0.15, -0.1) is 0 Å². The molecule has 0 radical (unpaired) electrons. The van der Waals surface area contributed by atoms with E-state index in [4.69, 9.17) is 24.4 Å². The third-order valence-electron chi connectivity index (χ3n) is 5.28. The lowest BCUT2D eigenvalue weighted by Gasteiger charge is -2.43. The molecule has 29 heavy (non-hydrogen) atoms. The molecule has 0 atom stereocenters. The van der Waals surface area contributed by atoms with Crippen LogP contribution in [0, 0.1) is 11.8 Å². The molecule has 2 fully saturated rings. The summed E-state index contributed by atoms with van der Waals surface area (Å²) < 4.78 is 0. The number of pyridine rings is 1. The van der Waals surface area contributed by atoms with Gasteiger partial charge in [-0.25, -0.2) is 0 Å². The highest BCUT2D eigenvalue weighted by molar-refractivity contribution is 7.80. The van der Waals surface area contributed by atoms with Crippen LogP contribution in [0.2, 0.25) is 0 Å². The molecule has 0 aromatic carbocycles. The van der Waals surface area contributed by atoms with Crippen LogP contribution in [0.4, 0.5) is 0 Å². The highest BCUT2D eigenvalue weighted by Crippen LogP contribution is 2.39. The third-order valence-corrected chi connectivity index (χ3v) is 6.38. The summed E-state index contributed by atoms with van der Waals surface area (Å²) in [6, 6.07) is 4.92. The van der Waals surface area contributed by atoms with Crippen LogP contribution in [0.15, 0.2) is 24.4 Å². The molecule has 4 amide bonds. The predicted octanol–water partition coefficient (Wildman–Crippen LogP) is -0.172. The monoisotopic (exact) mass is 433 g/mol. The second-order valence-corrected chi connectivity index (χ2v) is 7.62. The lowest BCUT2D eigenvalue weighted by molar-refractivity contribution is -0.152. The summed E-state index contributed by atoms with van der Waals surface area (Å²) in [5, 5.41) is 0.0977. The van der Waals surface area contributed by atoms with Crippen molar-refractivity contribution in [3.63, 3.8) is 0 Å². The SMILES string of the molecule is CN1C(=O)C(C(c2ccccn2)C2C(=O)N(C)C(=S)N(C)C2=O)C(=O)N(C)C1=S. The van der Waals surface area contributed by atoms with Crippen molar-refractivity contribution in [3.8, 4) is 0 Å². The molecule has 2 saturated heterocycles. The van der Waals surface area contributed by atoms with E-state index in [9.17, 15) is 19.2 Å². The van der Waals surface area contributed by atoms with Gasteiger partial charge in [0.15, 0.2) is 10.2 Å².